The van der Waals surface area contributed by atoms with Gasteiger partial charge in [-0.15, -0.1) is 11.8 Å². The highest BCUT2D eigenvalue weighted by Crippen LogP contribution is 2.45. The molecule has 0 unspecified atom stereocenters. The van der Waals surface area contributed by atoms with Crippen molar-refractivity contribution in [3.05, 3.63) is 75.0 Å². The Morgan fingerprint density at radius 1 is 1.24 bits per heavy atom. The molecule has 0 saturated heterocycles. The molecule has 6 nitrogen and oxygen atoms in total. The summed E-state index contributed by atoms with van der Waals surface area (Å²) in [4.78, 5) is 16.6. The first-order chi connectivity index (χ1) is 16.3. The van der Waals surface area contributed by atoms with E-state index in [0.29, 0.717) is 40.0 Å². The lowest BCUT2D eigenvalue weighted by Gasteiger charge is -2.22. The van der Waals surface area contributed by atoms with Crippen molar-refractivity contribution >= 4 is 22.7 Å². The Morgan fingerprint density at radius 2 is 2.06 bits per heavy atom. The number of benzene rings is 1. The number of hydrogen-bond acceptors (Lipinski definition) is 7. The summed E-state index contributed by atoms with van der Waals surface area (Å²) in [7, 11) is 1.48. The third kappa shape index (κ3) is 3.72. The van der Waals surface area contributed by atoms with Gasteiger partial charge in [0.2, 0.25) is 0 Å². The highest BCUT2D eigenvalue weighted by molar-refractivity contribution is 7.98. The van der Waals surface area contributed by atoms with E-state index in [0.717, 1.165) is 11.8 Å². The van der Waals surface area contributed by atoms with Gasteiger partial charge < -0.3 is 13.6 Å². The van der Waals surface area contributed by atoms with Crippen LogP contribution in [0.5, 0.6) is 5.75 Å². The maximum absolute atomic E-state index is 14.1. The fourth-order valence-electron chi connectivity index (χ4n) is 4.17. The Bertz CT molecular complexity index is 1530. The fourth-order valence-corrected chi connectivity index (χ4v) is 5.15. The molecular weight excluding hydrogens is 469 g/mol. The minimum atomic E-state index is -4.73. The molecule has 0 saturated carbocycles. The van der Waals surface area contributed by atoms with Gasteiger partial charge in [-0.2, -0.15) is 18.4 Å². The van der Waals surface area contributed by atoms with Gasteiger partial charge in [-0.3, -0.25) is 0 Å². The van der Waals surface area contributed by atoms with Crippen LogP contribution in [0.4, 0.5) is 13.2 Å². The van der Waals surface area contributed by atoms with Crippen LogP contribution in [0.15, 0.2) is 55.2 Å². The van der Waals surface area contributed by atoms with Crippen molar-refractivity contribution in [2.75, 3.05) is 7.11 Å². The second-order valence-corrected chi connectivity index (χ2v) is 8.57. The van der Waals surface area contributed by atoms with Crippen molar-refractivity contribution < 1.29 is 26.7 Å². The number of halogens is 3. The Kier molecular flexibility index (Phi) is 5.37. The zero-order chi connectivity index (χ0) is 24.0. The molecule has 1 aromatic carbocycles. The van der Waals surface area contributed by atoms with Gasteiger partial charge in [-0.1, -0.05) is 0 Å². The lowest BCUT2D eigenvalue weighted by molar-refractivity contribution is -0.138. The lowest BCUT2D eigenvalue weighted by atomic mass is 9.89. The summed E-state index contributed by atoms with van der Waals surface area (Å²) in [5.41, 5.74) is -0.578. The first kappa shape index (κ1) is 22.1. The number of nitriles is 1. The molecule has 0 bridgehead atoms. The number of furan rings is 1. The summed E-state index contributed by atoms with van der Waals surface area (Å²) < 4.78 is 58.2. The molecule has 0 aliphatic heterocycles. The zero-order valence-corrected chi connectivity index (χ0v) is 18.5. The second kappa shape index (κ2) is 8.25. The fraction of sp³-hybridized carbons (Fsp3) is 0.208. The van der Waals surface area contributed by atoms with Crippen LogP contribution in [0.25, 0.3) is 22.2 Å². The summed E-state index contributed by atoms with van der Waals surface area (Å²) in [6.07, 6.45) is -2.94. The highest BCUT2D eigenvalue weighted by atomic mass is 32.2. The number of alkyl halides is 3. The molecule has 0 atom stereocenters. The van der Waals surface area contributed by atoms with Crippen LogP contribution in [-0.2, 0) is 24.8 Å². The maximum Gasteiger partial charge on any atom is 0.418 e. The number of rotatable bonds is 4. The molecule has 0 spiro atoms. The van der Waals surface area contributed by atoms with Crippen LogP contribution in [0, 0.1) is 11.3 Å². The molecule has 0 amide bonds. The maximum atomic E-state index is 14.1. The average Bonchev–Trinajstić information content (AvgIpc) is 3.29. The van der Waals surface area contributed by atoms with Crippen molar-refractivity contribution in [3.63, 3.8) is 0 Å². The van der Waals surface area contributed by atoms with E-state index >= 15 is 0 Å². The molecule has 4 aromatic rings. The van der Waals surface area contributed by atoms with E-state index in [1.807, 2.05) is 0 Å². The second-order valence-electron chi connectivity index (χ2n) is 7.60. The van der Waals surface area contributed by atoms with E-state index in [4.69, 9.17) is 13.6 Å². The minimum Gasteiger partial charge on any atom is -0.497 e. The topological polar surface area (TPSA) is 89.3 Å². The predicted molar refractivity (Wildman–Crippen MR) is 118 cm³/mol. The zero-order valence-electron chi connectivity index (χ0n) is 17.7. The van der Waals surface area contributed by atoms with Gasteiger partial charge in [0, 0.05) is 35.3 Å². The van der Waals surface area contributed by atoms with Crippen LogP contribution in [0.3, 0.4) is 0 Å². The molecule has 172 valence electrons. The van der Waals surface area contributed by atoms with Gasteiger partial charge in [0.25, 0.3) is 0 Å². The van der Waals surface area contributed by atoms with E-state index < -0.39 is 22.9 Å². The number of aromatic nitrogens is 1. The van der Waals surface area contributed by atoms with Crippen LogP contribution >= 0.6 is 11.8 Å². The summed E-state index contributed by atoms with van der Waals surface area (Å²) in [6.45, 7) is 0. The summed E-state index contributed by atoms with van der Waals surface area (Å²) in [5, 5.41) is 10.2. The molecule has 5 rings (SSSR count). The van der Waals surface area contributed by atoms with E-state index in [-0.39, 0.29) is 28.5 Å². The predicted octanol–water partition coefficient (Wildman–Crippen LogP) is 5.74. The van der Waals surface area contributed by atoms with Crippen molar-refractivity contribution in [1.82, 2.24) is 4.98 Å². The number of thioether (sulfide) groups is 1. The summed E-state index contributed by atoms with van der Waals surface area (Å²) in [6, 6.07) is 9.54. The normalized spacial score (nSPS) is 12.8. The van der Waals surface area contributed by atoms with Gasteiger partial charge in [0.05, 0.1) is 30.2 Å². The molecule has 0 radical (unpaired) electrons. The van der Waals surface area contributed by atoms with Gasteiger partial charge in [-0.05, 0) is 35.7 Å². The number of fused-ring (bicyclic) bond motifs is 4. The lowest BCUT2D eigenvalue weighted by Crippen LogP contribution is -2.18. The van der Waals surface area contributed by atoms with Crippen LogP contribution in [-0.4, -0.2) is 12.1 Å². The molecular formula is C24H15F3N2O4S. The van der Waals surface area contributed by atoms with E-state index in [1.54, 1.807) is 30.3 Å². The van der Waals surface area contributed by atoms with Crippen molar-refractivity contribution in [1.29, 1.82) is 5.26 Å². The first-order valence-electron chi connectivity index (χ1n) is 10.1. The van der Waals surface area contributed by atoms with Crippen LogP contribution in [0.1, 0.15) is 28.0 Å². The molecule has 3 heterocycles. The average molecular weight is 484 g/mol. The highest BCUT2D eigenvalue weighted by Gasteiger charge is 2.41. The number of pyridine rings is 1. The number of nitrogens with zero attached hydrogens (tertiary/aromatic N) is 2. The molecule has 1 aliphatic carbocycles. The first-order valence-corrected chi connectivity index (χ1v) is 11.1. The van der Waals surface area contributed by atoms with E-state index in [9.17, 15) is 23.2 Å². The number of hydrogen-bond donors (Lipinski definition) is 0. The Labute approximate surface area is 195 Å². The summed E-state index contributed by atoms with van der Waals surface area (Å²) in [5.74, 6) is 1.16. The largest absolute Gasteiger partial charge is 0.497 e. The van der Waals surface area contributed by atoms with E-state index in [1.165, 1.54) is 19.4 Å². The van der Waals surface area contributed by atoms with Crippen molar-refractivity contribution in [3.8, 4) is 23.1 Å². The number of aryl methyl sites for hydroxylation is 1. The Morgan fingerprint density at radius 3 is 2.79 bits per heavy atom. The molecule has 10 heteroatoms. The number of methoxy groups -OCH3 is 1. The van der Waals surface area contributed by atoms with Gasteiger partial charge in [0.1, 0.15) is 28.2 Å². The monoisotopic (exact) mass is 484 g/mol. The molecule has 1 aliphatic rings. The standard InChI is InChI=1S/C24H15F3N2O4S/c1-31-13-2-3-14-12(8-20(30)33-19(14)9-13)11-34-23-17(10-28)21(24(25,26)27)16-4-5-18-15(6-7-32-18)22(16)29-23/h2-3,6-9H,4-5,11H2,1H3. The molecule has 3 aromatic heterocycles. The SMILES string of the molecule is COc1ccc2c(CSc3nc4c(c(C(F)(F)F)c3C#N)CCc3occc3-4)cc(=O)oc2c1. The van der Waals surface area contributed by atoms with Crippen LogP contribution < -0.4 is 10.4 Å². The van der Waals surface area contributed by atoms with Crippen molar-refractivity contribution in [2.45, 2.75) is 29.8 Å². The third-order valence-corrected chi connectivity index (χ3v) is 6.69. The van der Waals surface area contributed by atoms with Crippen molar-refractivity contribution in [2.24, 2.45) is 0 Å². The third-order valence-electron chi connectivity index (χ3n) is 5.66. The summed E-state index contributed by atoms with van der Waals surface area (Å²) >= 11 is 0.963. The minimum absolute atomic E-state index is 0.000186. The quantitative estimate of drug-likeness (QED) is 0.270. The van der Waals surface area contributed by atoms with Gasteiger partial charge >= 0.3 is 11.8 Å². The van der Waals surface area contributed by atoms with Gasteiger partial charge in [-0.25, -0.2) is 9.78 Å². The number of ether oxygens (including phenoxy) is 1. The molecule has 34 heavy (non-hydrogen) atoms. The van der Waals surface area contributed by atoms with Gasteiger partial charge in [0.15, 0.2) is 0 Å². The smallest absolute Gasteiger partial charge is 0.418 e. The molecule has 0 N–H and O–H groups in total. The van der Waals surface area contributed by atoms with E-state index in [2.05, 4.69) is 4.98 Å². The Balaban J connectivity index is 1.63. The van der Waals surface area contributed by atoms with Crippen LogP contribution in [0.2, 0.25) is 0 Å². The molecule has 0 fully saturated rings. The Hall–Kier alpha value is -3.71.